The molecule has 22 nitrogen and oxygen atoms in total. The number of aliphatic hydroxyl groups excluding tert-OH is 2. The van der Waals surface area contributed by atoms with Crippen LogP contribution in [-0.4, -0.2) is 109 Å². The van der Waals surface area contributed by atoms with E-state index in [-0.39, 0.29) is 34.0 Å². The Labute approximate surface area is 244 Å². The summed E-state index contributed by atoms with van der Waals surface area (Å²) in [6.45, 7) is -1.56. The van der Waals surface area contributed by atoms with Crippen molar-refractivity contribution in [1.82, 2.24) is 39.0 Å². The lowest BCUT2D eigenvalue weighted by molar-refractivity contribution is -0.0664. The second kappa shape index (κ2) is 10.7. The first-order valence-electron chi connectivity index (χ1n) is 12.8. The lowest BCUT2D eigenvalue weighted by Gasteiger charge is -2.27. The van der Waals surface area contributed by atoms with Crippen molar-refractivity contribution in [2.24, 2.45) is 0 Å². The SMILES string of the molecule is Nc1ncnc2c1ncn2[C@@H]1O[C@H]2COP(=O)(O)O[C@H]3[C@H](O)[C@H](n4cnc5c(N)ncnc54)O[C@H]3COP(=O)(O)O[C@H]2[C@@H]1O. The molecule has 4 aromatic rings. The van der Waals surface area contributed by atoms with Crippen LogP contribution in [0.1, 0.15) is 12.5 Å². The predicted octanol–water partition coefficient (Wildman–Crippen LogP) is -1.63. The van der Waals surface area contributed by atoms with Gasteiger partial charge >= 0.3 is 15.6 Å². The van der Waals surface area contributed by atoms with Gasteiger partial charge in [-0.15, -0.1) is 0 Å². The number of nitrogen functional groups attached to an aromatic ring is 2. The zero-order valence-corrected chi connectivity index (χ0v) is 23.8. The van der Waals surface area contributed by atoms with E-state index in [0.29, 0.717) is 0 Å². The van der Waals surface area contributed by atoms with Crippen molar-refractivity contribution in [1.29, 1.82) is 0 Å². The van der Waals surface area contributed by atoms with Crippen molar-refractivity contribution in [2.45, 2.75) is 49.1 Å². The number of anilines is 2. The van der Waals surface area contributed by atoms with Crippen LogP contribution in [0.2, 0.25) is 0 Å². The Morgan fingerprint density at radius 3 is 1.52 bits per heavy atom. The summed E-state index contributed by atoms with van der Waals surface area (Å²) in [5.74, 6) is 0.101. The van der Waals surface area contributed by atoms with Crippen molar-refractivity contribution in [3.05, 3.63) is 25.3 Å². The highest BCUT2D eigenvalue weighted by atomic mass is 31.2. The van der Waals surface area contributed by atoms with Crippen LogP contribution in [0.25, 0.3) is 22.3 Å². The van der Waals surface area contributed by atoms with Crippen LogP contribution in [0, 0.1) is 0 Å². The third kappa shape index (κ3) is 5.04. The number of nitrogens with zero attached hydrogens (tertiary/aromatic N) is 8. The van der Waals surface area contributed by atoms with E-state index in [1.54, 1.807) is 0 Å². The van der Waals surface area contributed by atoms with E-state index >= 15 is 0 Å². The first-order valence-corrected chi connectivity index (χ1v) is 15.8. The second-order valence-electron chi connectivity index (χ2n) is 9.95. The number of aliphatic hydroxyl groups is 2. The summed E-state index contributed by atoms with van der Waals surface area (Å²) in [6, 6.07) is 0. The van der Waals surface area contributed by atoms with Crippen LogP contribution in [0.4, 0.5) is 11.6 Å². The van der Waals surface area contributed by atoms with Crippen LogP contribution >= 0.6 is 15.6 Å². The van der Waals surface area contributed by atoms with Gasteiger partial charge in [0.15, 0.2) is 35.4 Å². The Bertz CT molecular complexity index is 1690. The van der Waals surface area contributed by atoms with Gasteiger partial charge < -0.3 is 40.9 Å². The number of fused-ring (bicyclic) bond motifs is 4. The average molecular weight is 658 g/mol. The van der Waals surface area contributed by atoms with Gasteiger partial charge in [0.1, 0.15) is 60.3 Å². The maximum absolute atomic E-state index is 13.1. The van der Waals surface area contributed by atoms with Gasteiger partial charge in [-0.2, -0.15) is 0 Å². The van der Waals surface area contributed by atoms with E-state index in [1.165, 1.54) is 21.8 Å². The van der Waals surface area contributed by atoms with Gasteiger partial charge in [0.2, 0.25) is 0 Å². The number of ether oxygens (including phenoxy) is 2. The van der Waals surface area contributed by atoms with Crippen LogP contribution < -0.4 is 11.5 Å². The molecule has 8 N–H and O–H groups in total. The molecule has 0 radical (unpaired) electrons. The zero-order valence-electron chi connectivity index (χ0n) is 22.0. The molecule has 3 aliphatic heterocycles. The molecule has 0 spiro atoms. The summed E-state index contributed by atoms with van der Waals surface area (Å²) in [5, 5.41) is 22.2. The fraction of sp³-hybridized carbons (Fsp3) is 0.500. The van der Waals surface area contributed by atoms with Crippen molar-refractivity contribution < 1.29 is 56.7 Å². The smallest absolute Gasteiger partial charge is 0.386 e. The van der Waals surface area contributed by atoms with Crippen LogP contribution in [-0.2, 0) is 36.7 Å². The third-order valence-electron chi connectivity index (χ3n) is 7.26. The minimum atomic E-state index is -5.00. The minimum absolute atomic E-state index is 0.0507. The predicted molar refractivity (Wildman–Crippen MR) is 141 cm³/mol. The summed E-state index contributed by atoms with van der Waals surface area (Å²) in [4.78, 5) is 45.3. The molecule has 10 atom stereocenters. The number of hydrogen-bond acceptors (Lipinski definition) is 18. The minimum Gasteiger partial charge on any atom is -0.386 e. The van der Waals surface area contributed by atoms with Crippen LogP contribution in [0.5, 0.6) is 0 Å². The highest BCUT2D eigenvalue weighted by molar-refractivity contribution is 7.47. The number of nitrogens with two attached hydrogens (primary N) is 2. The fourth-order valence-corrected chi connectivity index (χ4v) is 7.17. The number of rotatable bonds is 2. The molecule has 0 aliphatic carbocycles. The molecule has 7 rings (SSSR count). The molecular formula is C20H24N10O12P2. The highest BCUT2D eigenvalue weighted by Gasteiger charge is 2.54. The van der Waals surface area contributed by atoms with Gasteiger partial charge in [-0.25, -0.2) is 39.0 Å². The summed E-state index contributed by atoms with van der Waals surface area (Å²) < 4.78 is 61.2. The molecule has 2 unspecified atom stereocenters. The van der Waals surface area contributed by atoms with E-state index < -0.39 is 77.9 Å². The van der Waals surface area contributed by atoms with Gasteiger partial charge in [-0.05, 0) is 0 Å². The van der Waals surface area contributed by atoms with Gasteiger partial charge in [0, 0.05) is 0 Å². The molecule has 3 aliphatic rings. The highest BCUT2D eigenvalue weighted by Crippen LogP contribution is 2.53. The Hall–Kier alpha value is -3.24. The molecule has 44 heavy (non-hydrogen) atoms. The maximum Gasteiger partial charge on any atom is 0.472 e. The molecule has 3 saturated heterocycles. The van der Waals surface area contributed by atoms with Crippen LogP contribution in [0.3, 0.4) is 0 Å². The summed E-state index contributed by atoms with van der Waals surface area (Å²) in [6.07, 6.45) is -7.30. The summed E-state index contributed by atoms with van der Waals surface area (Å²) in [7, 11) is -10.0. The molecule has 236 valence electrons. The maximum atomic E-state index is 13.1. The number of aromatic nitrogens is 8. The standard InChI is InChI=1S/C20H24N10O12P2/c21-15-9-17(25-3-23-15)29(5-27-9)19-11(31)13-7(39-19)1-37-43(33,34)42-14-8(2-38-44(35,36)41-13)40-20(12(14)32)30-6-28-10-16(22)24-4-26-18(10)30/h3-8,11-14,19-20,31-32H,1-2H2,(H,33,34)(H,35,36)(H2,21,23,25)(H2,22,24,26)/t7-,8-,11-,12-,13+,14+,19+,20+/m0/s1. The Morgan fingerprint density at radius 1 is 0.705 bits per heavy atom. The third-order valence-corrected chi connectivity index (χ3v) is 9.23. The van der Waals surface area contributed by atoms with Crippen molar-refractivity contribution >= 4 is 49.6 Å². The van der Waals surface area contributed by atoms with Crippen LogP contribution in [0.15, 0.2) is 25.3 Å². The number of phosphoric acid groups is 2. The van der Waals surface area contributed by atoms with Gasteiger partial charge in [-0.1, -0.05) is 0 Å². The second-order valence-corrected chi connectivity index (χ2v) is 12.8. The first-order chi connectivity index (χ1) is 20.9. The number of hydrogen-bond donors (Lipinski definition) is 6. The summed E-state index contributed by atoms with van der Waals surface area (Å²) in [5.41, 5.74) is 12.4. The Balaban J connectivity index is 1.17. The first kappa shape index (κ1) is 29.5. The Kier molecular flexibility index (Phi) is 7.16. The normalized spacial score (nSPS) is 38.3. The quantitative estimate of drug-likeness (QED) is 0.132. The number of phosphoric ester groups is 2. The summed E-state index contributed by atoms with van der Waals surface area (Å²) >= 11 is 0. The zero-order chi connectivity index (χ0) is 31.0. The molecule has 3 fully saturated rings. The van der Waals surface area contributed by atoms with Crippen molar-refractivity contribution in [3.8, 4) is 0 Å². The van der Waals surface area contributed by atoms with E-state index in [2.05, 4.69) is 29.9 Å². The number of imidazole rings is 2. The molecule has 24 heteroatoms. The van der Waals surface area contributed by atoms with Gasteiger partial charge in [0.25, 0.3) is 0 Å². The lowest BCUT2D eigenvalue weighted by atomic mass is 10.1. The van der Waals surface area contributed by atoms with Gasteiger partial charge in [-0.3, -0.25) is 27.2 Å². The van der Waals surface area contributed by atoms with Crippen molar-refractivity contribution in [2.75, 3.05) is 24.7 Å². The largest absolute Gasteiger partial charge is 0.472 e. The van der Waals surface area contributed by atoms with E-state index in [1.807, 2.05) is 0 Å². The topological polar surface area (TPSA) is 310 Å². The molecule has 0 bridgehead atoms. The lowest BCUT2D eigenvalue weighted by Crippen LogP contribution is -2.39. The van der Waals surface area contributed by atoms with E-state index in [4.69, 9.17) is 39.0 Å². The average Bonchev–Trinajstić information content (AvgIpc) is 3.73. The monoisotopic (exact) mass is 658 g/mol. The van der Waals surface area contributed by atoms with E-state index in [9.17, 15) is 29.1 Å². The molecule has 0 saturated carbocycles. The molecule has 0 aromatic carbocycles. The Morgan fingerprint density at radius 2 is 1.11 bits per heavy atom. The molecule has 0 amide bonds. The molecular weight excluding hydrogens is 634 g/mol. The fourth-order valence-electron chi connectivity index (χ4n) is 5.24. The van der Waals surface area contributed by atoms with Crippen molar-refractivity contribution in [3.63, 3.8) is 0 Å². The van der Waals surface area contributed by atoms with E-state index in [0.717, 1.165) is 12.7 Å². The van der Waals surface area contributed by atoms with Gasteiger partial charge in [0.05, 0.1) is 25.9 Å². The molecule has 4 aromatic heterocycles. The molecule has 7 heterocycles.